The van der Waals surface area contributed by atoms with Crippen LogP contribution in [0.2, 0.25) is 0 Å². The molecule has 0 spiro atoms. The first-order valence-electron chi connectivity index (χ1n) is 7.23. The molecule has 1 aromatic rings. The molecule has 4 fully saturated rings. The van der Waals surface area contributed by atoms with Crippen LogP contribution in [0.3, 0.4) is 0 Å². The van der Waals surface area contributed by atoms with Crippen LogP contribution in [0.15, 0.2) is 30.3 Å². The van der Waals surface area contributed by atoms with E-state index in [2.05, 4.69) is 37.3 Å². The Balaban J connectivity index is 1.79. The number of hydrogen-bond donors (Lipinski definition) is 0. The van der Waals surface area contributed by atoms with E-state index in [-0.39, 0.29) is 0 Å². The molecule has 0 amide bonds. The van der Waals surface area contributed by atoms with Crippen LogP contribution in [0.1, 0.15) is 51.0 Å². The average Bonchev–Trinajstić information content (AvgIpc) is 2.27. The van der Waals surface area contributed by atoms with Gasteiger partial charge in [-0.05, 0) is 66.8 Å². The first-order valence-corrected chi connectivity index (χ1v) is 7.23. The van der Waals surface area contributed by atoms with Crippen LogP contribution in [0.25, 0.3) is 0 Å². The molecule has 1 aromatic carbocycles. The summed E-state index contributed by atoms with van der Waals surface area (Å²) >= 11 is 0. The molecular formula is C17H22. The monoisotopic (exact) mass is 226 g/mol. The first kappa shape index (κ1) is 10.2. The van der Waals surface area contributed by atoms with E-state index in [0.717, 1.165) is 11.8 Å². The van der Waals surface area contributed by atoms with Gasteiger partial charge >= 0.3 is 0 Å². The molecule has 90 valence electrons. The minimum Gasteiger partial charge on any atom is -0.0622 e. The third-order valence-electron chi connectivity index (χ3n) is 5.74. The lowest BCUT2D eigenvalue weighted by Gasteiger charge is -2.61. The minimum atomic E-state index is 0.556. The zero-order valence-corrected chi connectivity index (χ0v) is 10.8. The van der Waals surface area contributed by atoms with Crippen LogP contribution >= 0.6 is 0 Å². The second kappa shape index (κ2) is 3.16. The summed E-state index contributed by atoms with van der Waals surface area (Å²) in [5.41, 5.74) is 2.86. The maximum absolute atomic E-state index is 2.56. The SMILES string of the molecule is CC12CC3CC(C1)CC(c1ccccc1)(C3)C2. The molecule has 0 aromatic heterocycles. The Morgan fingerprint density at radius 3 is 2.18 bits per heavy atom. The van der Waals surface area contributed by atoms with Crippen molar-refractivity contribution in [3.63, 3.8) is 0 Å². The Labute approximate surface area is 104 Å². The zero-order chi connectivity index (χ0) is 11.5. The second-order valence-corrected chi connectivity index (χ2v) is 7.42. The van der Waals surface area contributed by atoms with Crippen molar-refractivity contribution in [3.8, 4) is 0 Å². The van der Waals surface area contributed by atoms with Crippen LogP contribution in [0, 0.1) is 17.3 Å². The molecule has 5 rings (SSSR count). The van der Waals surface area contributed by atoms with Crippen molar-refractivity contribution >= 4 is 0 Å². The molecule has 4 aliphatic carbocycles. The maximum atomic E-state index is 2.56. The van der Waals surface area contributed by atoms with Gasteiger partial charge in [0, 0.05) is 0 Å². The van der Waals surface area contributed by atoms with Crippen molar-refractivity contribution in [3.05, 3.63) is 35.9 Å². The predicted molar refractivity (Wildman–Crippen MR) is 70.9 cm³/mol. The van der Waals surface area contributed by atoms with Crippen molar-refractivity contribution in [2.45, 2.75) is 50.9 Å². The van der Waals surface area contributed by atoms with Crippen LogP contribution in [-0.4, -0.2) is 0 Å². The lowest BCUT2D eigenvalue weighted by Crippen LogP contribution is -2.52. The van der Waals surface area contributed by atoms with E-state index in [0.29, 0.717) is 10.8 Å². The fraction of sp³-hybridized carbons (Fsp3) is 0.647. The van der Waals surface area contributed by atoms with Gasteiger partial charge < -0.3 is 0 Å². The van der Waals surface area contributed by atoms with Gasteiger partial charge in [-0.15, -0.1) is 0 Å². The fourth-order valence-corrected chi connectivity index (χ4v) is 5.85. The predicted octanol–water partition coefficient (Wildman–Crippen LogP) is 4.54. The molecule has 2 unspecified atom stereocenters. The molecule has 0 nitrogen and oxygen atoms in total. The van der Waals surface area contributed by atoms with Crippen molar-refractivity contribution in [2.24, 2.45) is 17.3 Å². The third kappa shape index (κ3) is 1.42. The smallest absolute Gasteiger partial charge is 0.00365 e. The maximum Gasteiger partial charge on any atom is -0.00365 e. The lowest BCUT2D eigenvalue weighted by molar-refractivity contribution is -0.0615. The molecule has 0 N–H and O–H groups in total. The summed E-state index contributed by atoms with van der Waals surface area (Å²) in [6.45, 7) is 2.56. The standard InChI is InChI=1S/C17H22/c1-16-8-13-7-14(9-16)11-17(10-13,12-16)15-5-3-2-4-6-15/h2-6,13-14H,7-12H2,1H3. The normalized spacial score (nSPS) is 47.4. The topological polar surface area (TPSA) is 0 Å². The van der Waals surface area contributed by atoms with Crippen molar-refractivity contribution in [1.82, 2.24) is 0 Å². The van der Waals surface area contributed by atoms with Crippen LogP contribution < -0.4 is 0 Å². The van der Waals surface area contributed by atoms with Gasteiger partial charge in [-0.2, -0.15) is 0 Å². The van der Waals surface area contributed by atoms with E-state index in [4.69, 9.17) is 0 Å². The van der Waals surface area contributed by atoms with Gasteiger partial charge in [0.05, 0.1) is 0 Å². The number of rotatable bonds is 1. The molecule has 4 bridgehead atoms. The summed E-state index contributed by atoms with van der Waals surface area (Å²) in [4.78, 5) is 0. The largest absolute Gasteiger partial charge is 0.0622 e. The minimum absolute atomic E-state index is 0.556. The van der Waals surface area contributed by atoms with Gasteiger partial charge in [-0.1, -0.05) is 37.3 Å². The molecule has 4 saturated carbocycles. The van der Waals surface area contributed by atoms with Gasteiger partial charge in [-0.25, -0.2) is 0 Å². The number of benzene rings is 1. The molecule has 0 saturated heterocycles. The van der Waals surface area contributed by atoms with Crippen LogP contribution in [-0.2, 0) is 5.41 Å². The Morgan fingerprint density at radius 1 is 0.941 bits per heavy atom. The highest BCUT2D eigenvalue weighted by atomic mass is 14.6. The van der Waals surface area contributed by atoms with E-state index in [1.54, 1.807) is 5.56 Å². The summed E-state index contributed by atoms with van der Waals surface area (Å²) < 4.78 is 0. The Morgan fingerprint density at radius 2 is 1.59 bits per heavy atom. The van der Waals surface area contributed by atoms with E-state index >= 15 is 0 Å². The zero-order valence-electron chi connectivity index (χ0n) is 10.8. The van der Waals surface area contributed by atoms with Gasteiger partial charge in [0.15, 0.2) is 0 Å². The van der Waals surface area contributed by atoms with E-state index in [1.165, 1.54) is 38.5 Å². The fourth-order valence-electron chi connectivity index (χ4n) is 5.85. The Bertz CT molecular complexity index is 417. The van der Waals surface area contributed by atoms with E-state index < -0.39 is 0 Å². The first-order chi connectivity index (χ1) is 8.18. The van der Waals surface area contributed by atoms with Gasteiger partial charge in [0.25, 0.3) is 0 Å². The van der Waals surface area contributed by atoms with Gasteiger partial charge in [-0.3, -0.25) is 0 Å². The van der Waals surface area contributed by atoms with Crippen molar-refractivity contribution in [2.75, 3.05) is 0 Å². The van der Waals surface area contributed by atoms with Crippen LogP contribution in [0.5, 0.6) is 0 Å². The quantitative estimate of drug-likeness (QED) is 0.659. The van der Waals surface area contributed by atoms with Gasteiger partial charge in [0.1, 0.15) is 0 Å². The third-order valence-corrected chi connectivity index (χ3v) is 5.74. The summed E-state index contributed by atoms with van der Waals surface area (Å²) in [6.07, 6.45) is 8.96. The highest BCUT2D eigenvalue weighted by Gasteiger charge is 2.56. The summed E-state index contributed by atoms with van der Waals surface area (Å²) in [6, 6.07) is 11.4. The molecular weight excluding hydrogens is 204 g/mol. The molecule has 4 aliphatic rings. The summed E-state index contributed by atoms with van der Waals surface area (Å²) in [7, 11) is 0. The summed E-state index contributed by atoms with van der Waals surface area (Å²) in [5.74, 6) is 2.06. The van der Waals surface area contributed by atoms with E-state index in [1.807, 2.05) is 0 Å². The second-order valence-electron chi connectivity index (χ2n) is 7.42. The lowest BCUT2D eigenvalue weighted by atomic mass is 9.43. The summed E-state index contributed by atoms with van der Waals surface area (Å²) in [5, 5.41) is 0. The molecule has 0 heterocycles. The van der Waals surface area contributed by atoms with Gasteiger partial charge in [0.2, 0.25) is 0 Å². The van der Waals surface area contributed by atoms with E-state index in [9.17, 15) is 0 Å². The highest BCUT2D eigenvalue weighted by Crippen LogP contribution is 2.65. The number of hydrogen-bond acceptors (Lipinski definition) is 0. The molecule has 0 aliphatic heterocycles. The molecule has 0 heteroatoms. The van der Waals surface area contributed by atoms with Crippen molar-refractivity contribution < 1.29 is 0 Å². The molecule has 2 atom stereocenters. The molecule has 17 heavy (non-hydrogen) atoms. The highest BCUT2D eigenvalue weighted by molar-refractivity contribution is 5.30. The average molecular weight is 226 g/mol. The Kier molecular flexibility index (Phi) is 1.89. The van der Waals surface area contributed by atoms with Crippen molar-refractivity contribution in [1.29, 1.82) is 0 Å². The Hall–Kier alpha value is -0.780. The van der Waals surface area contributed by atoms with Crippen LogP contribution in [0.4, 0.5) is 0 Å². The molecule has 0 radical (unpaired) electrons.